The summed E-state index contributed by atoms with van der Waals surface area (Å²) in [5.41, 5.74) is 1.09. The van der Waals surface area contributed by atoms with Gasteiger partial charge in [0.05, 0.1) is 6.61 Å². The zero-order valence-corrected chi connectivity index (χ0v) is 12.4. The monoisotopic (exact) mass is 294 g/mol. The number of hydrogen-bond donors (Lipinski definition) is 2. The number of rotatable bonds is 7. The Labute approximate surface area is 124 Å². The van der Waals surface area contributed by atoms with Crippen LogP contribution in [-0.4, -0.2) is 64.8 Å². The maximum Gasteiger partial charge on any atom is 0.326 e. The number of aliphatic hydroxyl groups is 1. The fourth-order valence-electron chi connectivity index (χ4n) is 1.89. The van der Waals surface area contributed by atoms with E-state index in [2.05, 4.69) is 0 Å². The van der Waals surface area contributed by atoms with Crippen molar-refractivity contribution >= 4 is 12.0 Å². The van der Waals surface area contributed by atoms with Crippen molar-refractivity contribution in [3.63, 3.8) is 0 Å². The van der Waals surface area contributed by atoms with Crippen molar-refractivity contribution in [2.75, 3.05) is 26.7 Å². The molecule has 1 atom stereocenters. The van der Waals surface area contributed by atoms with E-state index in [-0.39, 0.29) is 13.2 Å². The van der Waals surface area contributed by atoms with Gasteiger partial charge in [-0.1, -0.05) is 30.3 Å². The topological polar surface area (TPSA) is 81.1 Å². The second-order valence-electron chi connectivity index (χ2n) is 4.85. The average Bonchev–Trinajstić information content (AvgIpc) is 2.50. The smallest absolute Gasteiger partial charge is 0.326 e. The minimum atomic E-state index is -1.06. The number of hydrogen-bond acceptors (Lipinski definition) is 3. The maximum absolute atomic E-state index is 12.3. The molecule has 0 radical (unpaired) electrons. The van der Waals surface area contributed by atoms with Crippen molar-refractivity contribution in [2.24, 2.45) is 0 Å². The molecule has 0 fully saturated rings. The first-order valence-electron chi connectivity index (χ1n) is 6.86. The van der Waals surface area contributed by atoms with E-state index in [0.29, 0.717) is 13.0 Å². The van der Waals surface area contributed by atoms with E-state index in [1.165, 1.54) is 23.8 Å². The number of carboxylic acid groups (broad SMARTS) is 1. The van der Waals surface area contributed by atoms with Crippen molar-refractivity contribution in [1.29, 1.82) is 0 Å². The van der Waals surface area contributed by atoms with Crippen molar-refractivity contribution < 1.29 is 19.8 Å². The van der Waals surface area contributed by atoms with Gasteiger partial charge in [0.15, 0.2) is 0 Å². The van der Waals surface area contributed by atoms with Gasteiger partial charge in [0.2, 0.25) is 0 Å². The predicted molar refractivity (Wildman–Crippen MR) is 79.1 cm³/mol. The zero-order chi connectivity index (χ0) is 15.8. The molecule has 0 bridgehead atoms. The van der Waals surface area contributed by atoms with Crippen molar-refractivity contribution in [3.8, 4) is 0 Å². The number of carbonyl (C=O) groups is 2. The third kappa shape index (κ3) is 5.07. The Morgan fingerprint density at radius 2 is 1.81 bits per heavy atom. The largest absolute Gasteiger partial charge is 0.480 e. The molecule has 1 aromatic rings. The Kier molecular flexibility index (Phi) is 6.68. The first-order chi connectivity index (χ1) is 9.97. The molecule has 0 aliphatic heterocycles. The van der Waals surface area contributed by atoms with Crippen LogP contribution in [-0.2, 0) is 11.2 Å². The standard InChI is InChI=1S/C15H22N2O4/c1-12(14(19)20)16(2)15(21)17(10-11-18)9-8-13-6-4-3-5-7-13/h3-7,12,18H,8-11H2,1-2H3,(H,19,20). The number of benzene rings is 1. The van der Waals surface area contributed by atoms with E-state index >= 15 is 0 Å². The second-order valence-corrected chi connectivity index (χ2v) is 4.85. The summed E-state index contributed by atoms with van der Waals surface area (Å²) in [5.74, 6) is -1.06. The van der Waals surface area contributed by atoms with Gasteiger partial charge >= 0.3 is 12.0 Å². The van der Waals surface area contributed by atoms with Crippen LogP contribution in [0, 0.1) is 0 Å². The van der Waals surface area contributed by atoms with Crippen LogP contribution >= 0.6 is 0 Å². The van der Waals surface area contributed by atoms with Crippen molar-refractivity contribution in [1.82, 2.24) is 9.80 Å². The molecule has 0 spiro atoms. The highest BCUT2D eigenvalue weighted by Gasteiger charge is 2.25. The van der Waals surface area contributed by atoms with Crippen LogP contribution in [0.5, 0.6) is 0 Å². The quantitative estimate of drug-likeness (QED) is 0.787. The van der Waals surface area contributed by atoms with Gasteiger partial charge in [0.1, 0.15) is 6.04 Å². The van der Waals surface area contributed by atoms with Gasteiger partial charge in [-0.05, 0) is 18.9 Å². The molecule has 2 amide bonds. The number of aliphatic carboxylic acids is 1. The SMILES string of the molecule is CC(C(=O)O)N(C)C(=O)N(CCO)CCc1ccccc1. The van der Waals surface area contributed by atoms with Crippen molar-refractivity contribution in [3.05, 3.63) is 35.9 Å². The molecular formula is C15H22N2O4. The molecule has 1 unspecified atom stereocenters. The van der Waals surface area contributed by atoms with Crippen LogP contribution in [0.1, 0.15) is 12.5 Å². The Balaban J connectivity index is 2.67. The summed E-state index contributed by atoms with van der Waals surface area (Å²) in [7, 11) is 1.45. The molecule has 0 aromatic heterocycles. The number of urea groups is 1. The van der Waals surface area contributed by atoms with Gasteiger partial charge in [-0.2, -0.15) is 0 Å². The molecule has 116 valence electrons. The van der Waals surface area contributed by atoms with E-state index in [1.54, 1.807) is 0 Å². The van der Waals surface area contributed by atoms with Crippen LogP contribution in [0.4, 0.5) is 4.79 Å². The van der Waals surface area contributed by atoms with Crippen LogP contribution < -0.4 is 0 Å². The third-order valence-electron chi connectivity index (χ3n) is 3.39. The zero-order valence-electron chi connectivity index (χ0n) is 12.4. The molecule has 6 heteroatoms. The minimum Gasteiger partial charge on any atom is -0.480 e. The van der Waals surface area contributed by atoms with Crippen LogP contribution in [0.3, 0.4) is 0 Å². The lowest BCUT2D eigenvalue weighted by Crippen LogP contribution is -2.49. The lowest BCUT2D eigenvalue weighted by molar-refractivity contribution is -0.141. The summed E-state index contributed by atoms with van der Waals surface area (Å²) in [6, 6.07) is 8.39. The van der Waals surface area contributed by atoms with E-state index < -0.39 is 18.0 Å². The highest BCUT2D eigenvalue weighted by Crippen LogP contribution is 2.06. The molecule has 0 aliphatic carbocycles. The molecule has 21 heavy (non-hydrogen) atoms. The summed E-state index contributed by atoms with van der Waals surface area (Å²) in [6.07, 6.45) is 0.655. The van der Waals surface area contributed by atoms with Gasteiger partial charge in [-0.3, -0.25) is 0 Å². The molecule has 1 rings (SSSR count). The first kappa shape index (κ1) is 17.0. The lowest BCUT2D eigenvalue weighted by atomic mass is 10.1. The van der Waals surface area contributed by atoms with Crippen LogP contribution in [0.15, 0.2) is 30.3 Å². The lowest BCUT2D eigenvalue weighted by Gasteiger charge is -2.30. The number of carbonyl (C=O) groups excluding carboxylic acids is 1. The molecule has 1 aromatic carbocycles. The van der Waals surface area contributed by atoms with E-state index in [4.69, 9.17) is 10.2 Å². The van der Waals surface area contributed by atoms with E-state index in [0.717, 1.165) is 5.56 Å². The Morgan fingerprint density at radius 1 is 1.19 bits per heavy atom. The Morgan fingerprint density at radius 3 is 2.33 bits per heavy atom. The van der Waals surface area contributed by atoms with Crippen molar-refractivity contribution in [2.45, 2.75) is 19.4 Å². The molecule has 0 aliphatic rings. The summed E-state index contributed by atoms with van der Waals surface area (Å²) in [4.78, 5) is 25.9. The van der Waals surface area contributed by atoms with Gasteiger partial charge in [0, 0.05) is 20.1 Å². The number of carboxylic acids is 1. The first-order valence-corrected chi connectivity index (χ1v) is 6.86. The van der Waals surface area contributed by atoms with E-state index in [9.17, 15) is 9.59 Å². The van der Waals surface area contributed by atoms with Gasteiger partial charge < -0.3 is 20.0 Å². The number of likely N-dealkylation sites (N-methyl/N-ethyl adjacent to an activating group) is 1. The highest BCUT2D eigenvalue weighted by atomic mass is 16.4. The number of aliphatic hydroxyl groups excluding tert-OH is 1. The Bertz CT molecular complexity index is 464. The molecular weight excluding hydrogens is 272 g/mol. The second kappa shape index (κ2) is 8.26. The summed E-state index contributed by atoms with van der Waals surface area (Å²) in [5, 5.41) is 18.0. The van der Waals surface area contributed by atoms with Gasteiger partial charge in [-0.15, -0.1) is 0 Å². The molecule has 6 nitrogen and oxygen atoms in total. The molecule has 2 N–H and O–H groups in total. The fraction of sp³-hybridized carbons (Fsp3) is 0.467. The fourth-order valence-corrected chi connectivity index (χ4v) is 1.89. The summed E-state index contributed by atoms with van der Waals surface area (Å²) >= 11 is 0. The Hall–Kier alpha value is -2.08. The van der Waals surface area contributed by atoms with Gasteiger partial charge in [0.25, 0.3) is 0 Å². The average molecular weight is 294 g/mol. The summed E-state index contributed by atoms with van der Waals surface area (Å²) < 4.78 is 0. The molecule has 0 saturated carbocycles. The van der Waals surface area contributed by atoms with Crippen LogP contribution in [0.2, 0.25) is 0 Å². The molecule has 0 saturated heterocycles. The summed E-state index contributed by atoms with van der Waals surface area (Å²) in [6.45, 7) is 1.91. The maximum atomic E-state index is 12.3. The van der Waals surface area contributed by atoms with Crippen LogP contribution in [0.25, 0.3) is 0 Å². The number of amides is 2. The normalized spacial score (nSPS) is 11.8. The molecule has 0 heterocycles. The minimum absolute atomic E-state index is 0.157. The number of nitrogens with zero attached hydrogens (tertiary/aromatic N) is 2. The van der Waals surface area contributed by atoms with E-state index in [1.807, 2.05) is 30.3 Å². The highest BCUT2D eigenvalue weighted by molar-refractivity contribution is 5.82. The van der Waals surface area contributed by atoms with Gasteiger partial charge in [-0.25, -0.2) is 9.59 Å². The predicted octanol–water partition coefficient (Wildman–Crippen LogP) is 1.05. The third-order valence-corrected chi connectivity index (χ3v) is 3.39.